The average molecular weight is 301 g/mol. The molecule has 0 N–H and O–H groups in total. The fraction of sp³-hybridized carbons (Fsp3) is 0.375. The van der Waals surface area contributed by atoms with E-state index in [9.17, 15) is 5.26 Å². The van der Waals surface area contributed by atoms with Crippen molar-refractivity contribution < 1.29 is 4.74 Å². The van der Waals surface area contributed by atoms with Crippen LogP contribution < -0.4 is 4.90 Å². The Hall–Kier alpha value is -1.90. The van der Waals surface area contributed by atoms with E-state index in [1.807, 2.05) is 30.5 Å². The second-order valence-corrected chi connectivity index (χ2v) is 5.65. The number of nitrogens with zero attached hydrogens (tertiary/aromatic N) is 3. The van der Waals surface area contributed by atoms with E-state index in [0.717, 1.165) is 22.8 Å². The van der Waals surface area contributed by atoms with Crippen LogP contribution in [0.25, 0.3) is 0 Å². The monoisotopic (exact) mass is 301 g/mol. The predicted octanol–water partition coefficient (Wildman–Crippen LogP) is 3.90. The van der Waals surface area contributed by atoms with E-state index in [4.69, 9.17) is 4.74 Å². The van der Waals surface area contributed by atoms with E-state index in [1.165, 1.54) is 5.56 Å². The lowest BCUT2D eigenvalue weighted by molar-refractivity contribution is 0.119. The van der Waals surface area contributed by atoms with Crippen molar-refractivity contribution in [2.45, 2.75) is 32.9 Å². The Labute approximate surface area is 129 Å². The highest BCUT2D eigenvalue weighted by atomic mass is 32.1. The molecule has 2 rings (SSSR count). The first-order chi connectivity index (χ1) is 10.2. The minimum Gasteiger partial charge on any atom is -0.375 e. The summed E-state index contributed by atoms with van der Waals surface area (Å²) in [6.45, 7) is 4.56. The maximum atomic E-state index is 9.39. The molecule has 1 unspecified atom stereocenters. The van der Waals surface area contributed by atoms with Crippen LogP contribution in [0.5, 0.6) is 0 Å². The fourth-order valence-corrected chi connectivity index (χ4v) is 2.82. The molecule has 21 heavy (non-hydrogen) atoms. The van der Waals surface area contributed by atoms with Gasteiger partial charge in [-0.25, -0.2) is 4.98 Å². The van der Waals surface area contributed by atoms with Gasteiger partial charge in [0.1, 0.15) is 11.1 Å². The van der Waals surface area contributed by atoms with Gasteiger partial charge in [-0.15, -0.1) is 11.3 Å². The maximum Gasteiger partial charge on any atom is 0.184 e. The first kappa shape index (κ1) is 15.5. The standard InChI is InChI=1S/C16H19N3OS/c1-4-13-6-5-7-15(8-13)19(11-17)9-14-10-21-16(18-14)12(2)20-3/h5-8,10,12H,4,9H2,1-3H3. The highest BCUT2D eigenvalue weighted by Crippen LogP contribution is 2.23. The van der Waals surface area contributed by atoms with Crippen LogP contribution in [0.15, 0.2) is 29.6 Å². The maximum absolute atomic E-state index is 9.39. The summed E-state index contributed by atoms with van der Waals surface area (Å²) in [5.41, 5.74) is 3.02. The minimum absolute atomic E-state index is 0.0114. The van der Waals surface area contributed by atoms with Gasteiger partial charge >= 0.3 is 0 Å². The highest BCUT2D eigenvalue weighted by Gasteiger charge is 2.13. The lowest BCUT2D eigenvalue weighted by Crippen LogP contribution is -2.16. The van der Waals surface area contributed by atoms with E-state index in [0.29, 0.717) is 6.54 Å². The normalized spacial score (nSPS) is 11.9. The Bertz CT molecular complexity index is 632. The summed E-state index contributed by atoms with van der Waals surface area (Å²) in [5, 5.41) is 12.3. The van der Waals surface area contributed by atoms with Crippen molar-refractivity contribution in [2.24, 2.45) is 0 Å². The Morgan fingerprint density at radius 3 is 2.95 bits per heavy atom. The number of hydrogen-bond donors (Lipinski definition) is 0. The molecule has 1 aromatic heterocycles. The number of ether oxygens (including phenoxy) is 1. The topological polar surface area (TPSA) is 49.2 Å². The van der Waals surface area contributed by atoms with Crippen molar-refractivity contribution in [1.82, 2.24) is 4.98 Å². The summed E-state index contributed by atoms with van der Waals surface area (Å²) >= 11 is 1.57. The molecule has 0 spiro atoms. The highest BCUT2D eigenvalue weighted by molar-refractivity contribution is 7.09. The molecule has 1 atom stereocenters. The van der Waals surface area contributed by atoms with Gasteiger partial charge in [0.15, 0.2) is 6.19 Å². The molecule has 0 radical (unpaired) electrons. The van der Waals surface area contributed by atoms with Gasteiger partial charge in [-0.1, -0.05) is 19.1 Å². The van der Waals surface area contributed by atoms with Crippen molar-refractivity contribution in [3.05, 3.63) is 45.9 Å². The molecule has 0 aliphatic carbocycles. The molecule has 1 heterocycles. The van der Waals surface area contributed by atoms with E-state index in [2.05, 4.69) is 24.2 Å². The average Bonchev–Trinajstić information content (AvgIpc) is 3.00. The second-order valence-electron chi connectivity index (χ2n) is 4.76. The van der Waals surface area contributed by atoms with E-state index >= 15 is 0 Å². The second kappa shape index (κ2) is 7.21. The SMILES string of the molecule is CCc1cccc(N(C#N)Cc2csc(C(C)OC)n2)c1. The summed E-state index contributed by atoms with van der Waals surface area (Å²) in [7, 11) is 1.67. The molecule has 0 aliphatic rings. The Morgan fingerprint density at radius 2 is 2.29 bits per heavy atom. The number of nitriles is 1. The Balaban J connectivity index is 2.15. The van der Waals surface area contributed by atoms with Crippen LogP contribution in [0.4, 0.5) is 5.69 Å². The molecule has 0 fully saturated rings. The zero-order chi connectivity index (χ0) is 15.2. The molecule has 5 heteroatoms. The number of thiazole rings is 1. The predicted molar refractivity (Wildman–Crippen MR) is 85.2 cm³/mol. The third-order valence-corrected chi connectivity index (χ3v) is 4.40. The van der Waals surface area contributed by atoms with E-state index in [-0.39, 0.29) is 6.10 Å². The molecular formula is C16H19N3OS. The van der Waals surface area contributed by atoms with Gasteiger partial charge < -0.3 is 4.74 Å². The van der Waals surface area contributed by atoms with Crippen LogP contribution in [0, 0.1) is 11.5 Å². The summed E-state index contributed by atoms with van der Waals surface area (Å²) in [6.07, 6.45) is 3.18. The molecule has 1 aromatic carbocycles. The number of methoxy groups -OCH3 is 1. The molecular weight excluding hydrogens is 282 g/mol. The number of rotatable bonds is 6. The summed E-state index contributed by atoms with van der Waals surface area (Å²) < 4.78 is 5.27. The Morgan fingerprint density at radius 1 is 1.48 bits per heavy atom. The van der Waals surface area contributed by atoms with Gasteiger partial charge in [-0.2, -0.15) is 5.26 Å². The van der Waals surface area contributed by atoms with Crippen LogP contribution in [-0.4, -0.2) is 12.1 Å². The third-order valence-electron chi connectivity index (χ3n) is 3.34. The molecule has 0 amide bonds. The number of benzene rings is 1. The molecule has 0 aliphatic heterocycles. The molecule has 4 nitrogen and oxygen atoms in total. The zero-order valence-corrected chi connectivity index (χ0v) is 13.4. The van der Waals surface area contributed by atoms with Gasteiger partial charge in [-0.05, 0) is 31.0 Å². The zero-order valence-electron chi connectivity index (χ0n) is 12.5. The van der Waals surface area contributed by atoms with Crippen LogP contribution in [-0.2, 0) is 17.7 Å². The van der Waals surface area contributed by atoms with E-state index in [1.54, 1.807) is 23.3 Å². The molecule has 110 valence electrons. The molecule has 0 saturated heterocycles. The van der Waals surface area contributed by atoms with Gasteiger partial charge in [0.05, 0.1) is 17.9 Å². The smallest absolute Gasteiger partial charge is 0.184 e. The lowest BCUT2D eigenvalue weighted by atomic mass is 10.1. The van der Waals surface area contributed by atoms with Gasteiger partial charge in [0, 0.05) is 12.5 Å². The quantitative estimate of drug-likeness (QED) is 0.600. The van der Waals surface area contributed by atoms with Crippen LogP contribution in [0.2, 0.25) is 0 Å². The van der Waals surface area contributed by atoms with Crippen LogP contribution >= 0.6 is 11.3 Å². The number of aromatic nitrogens is 1. The van der Waals surface area contributed by atoms with Gasteiger partial charge in [-0.3, -0.25) is 4.90 Å². The Kier molecular flexibility index (Phi) is 5.32. The van der Waals surface area contributed by atoms with Crippen molar-refractivity contribution in [3.63, 3.8) is 0 Å². The minimum atomic E-state index is -0.0114. The van der Waals surface area contributed by atoms with Crippen molar-refractivity contribution in [3.8, 4) is 6.19 Å². The van der Waals surface area contributed by atoms with Gasteiger partial charge in [0.2, 0.25) is 0 Å². The first-order valence-electron chi connectivity index (χ1n) is 6.91. The van der Waals surface area contributed by atoms with Crippen molar-refractivity contribution >= 4 is 17.0 Å². The van der Waals surface area contributed by atoms with Crippen LogP contribution in [0.1, 0.15) is 36.2 Å². The fourth-order valence-electron chi connectivity index (χ4n) is 1.97. The number of anilines is 1. The lowest BCUT2D eigenvalue weighted by Gasteiger charge is -2.15. The summed E-state index contributed by atoms with van der Waals surface area (Å²) in [5.74, 6) is 0. The summed E-state index contributed by atoms with van der Waals surface area (Å²) in [4.78, 5) is 6.20. The van der Waals surface area contributed by atoms with Gasteiger partial charge in [0.25, 0.3) is 0 Å². The van der Waals surface area contributed by atoms with Crippen molar-refractivity contribution in [1.29, 1.82) is 5.26 Å². The first-order valence-corrected chi connectivity index (χ1v) is 7.79. The largest absolute Gasteiger partial charge is 0.375 e. The summed E-state index contributed by atoms with van der Waals surface area (Å²) in [6, 6.07) is 8.06. The van der Waals surface area contributed by atoms with Crippen LogP contribution in [0.3, 0.4) is 0 Å². The number of hydrogen-bond acceptors (Lipinski definition) is 5. The third kappa shape index (κ3) is 3.81. The van der Waals surface area contributed by atoms with E-state index < -0.39 is 0 Å². The number of aryl methyl sites for hydroxylation is 1. The molecule has 0 saturated carbocycles. The van der Waals surface area contributed by atoms with Crippen molar-refractivity contribution in [2.75, 3.05) is 12.0 Å². The molecule has 0 bridgehead atoms. The molecule has 2 aromatic rings.